The fourth-order valence-corrected chi connectivity index (χ4v) is 4.80. The van der Waals surface area contributed by atoms with Crippen LogP contribution in [0.2, 0.25) is 0 Å². The van der Waals surface area contributed by atoms with Crippen LogP contribution in [0.4, 0.5) is 0 Å². The van der Waals surface area contributed by atoms with Gasteiger partial charge < -0.3 is 14.5 Å². The predicted molar refractivity (Wildman–Crippen MR) is 90.2 cm³/mol. The van der Waals surface area contributed by atoms with Crippen LogP contribution in [0, 0.1) is 17.8 Å². The van der Waals surface area contributed by atoms with Crippen LogP contribution in [0.25, 0.3) is 0 Å². The van der Waals surface area contributed by atoms with Crippen molar-refractivity contribution in [3.63, 3.8) is 0 Å². The Morgan fingerprint density at radius 2 is 1.96 bits per heavy atom. The molecule has 2 amide bonds. The van der Waals surface area contributed by atoms with Gasteiger partial charge in [-0.1, -0.05) is 12.2 Å². The molecular formula is C19H28N2O3. The molecule has 0 aromatic rings. The second kappa shape index (κ2) is 6.87. The molecule has 24 heavy (non-hydrogen) atoms. The third-order valence-corrected chi connectivity index (χ3v) is 6.14. The minimum Gasteiger partial charge on any atom is -0.376 e. The van der Waals surface area contributed by atoms with Gasteiger partial charge in [0.25, 0.3) is 0 Å². The molecule has 132 valence electrons. The summed E-state index contributed by atoms with van der Waals surface area (Å²) in [6.07, 6.45) is 10.9. The molecule has 2 bridgehead atoms. The number of nitrogens with zero attached hydrogens (tertiary/aromatic N) is 2. The highest BCUT2D eigenvalue weighted by Crippen LogP contribution is 2.44. The van der Waals surface area contributed by atoms with Crippen molar-refractivity contribution in [2.45, 2.75) is 44.6 Å². The molecule has 2 aliphatic heterocycles. The Morgan fingerprint density at radius 1 is 1.12 bits per heavy atom. The first-order valence-electron chi connectivity index (χ1n) is 9.57. The van der Waals surface area contributed by atoms with Gasteiger partial charge in [0.15, 0.2) is 0 Å². The van der Waals surface area contributed by atoms with Crippen molar-refractivity contribution >= 4 is 11.8 Å². The van der Waals surface area contributed by atoms with E-state index in [9.17, 15) is 9.59 Å². The summed E-state index contributed by atoms with van der Waals surface area (Å²) in [5, 5.41) is 0. The number of amides is 2. The first-order valence-corrected chi connectivity index (χ1v) is 9.57. The first-order chi connectivity index (χ1) is 11.7. The number of rotatable bonds is 5. The van der Waals surface area contributed by atoms with Gasteiger partial charge in [0.05, 0.1) is 12.6 Å². The molecule has 2 aliphatic carbocycles. The number of likely N-dealkylation sites (tertiary alicyclic amines) is 1. The van der Waals surface area contributed by atoms with E-state index in [1.165, 1.54) is 0 Å². The Labute approximate surface area is 144 Å². The van der Waals surface area contributed by atoms with Gasteiger partial charge in [-0.3, -0.25) is 9.59 Å². The maximum atomic E-state index is 13.1. The zero-order valence-corrected chi connectivity index (χ0v) is 14.4. The fraction of sp³-hybridized carbons (Fsp3) is 0.789. The molecular weight excluding hydrogens is 304 g/mol. The van der Waals surface area contributed by atoms with Gasteiger partial charge in [-0.2, -0.15) is 0 Å². The number of fused-ring (bicyclic) bond motifs is 2. The zero-order valence-electron chi connectivity index (χ0n) is 14.4. The molecule has 0 N–H and O–H groups in total. The van der Waals surface area contributed by atoms with E-state index in [0.29, 0.717) is 18.4 Å². The normalized spacial score (nSPS) is 34.2. The van der Waals surface area contributed by atoms with Gasteiger partial charge in [-0.15, -0.1) is 0 Å². The second-order valence-corrected chi connectivity index (χ2v) is 7.83. The standard InChI is InChI=1S/C19H28N2O3/c22-18(20-7-1-2-8-20)13-21(12-16-4-3-9-24-16)19(23)17-11-14-5-6-15(17)10-14/h5-6,14-17H,1-4,7-13H2/t14-,15-,16+,17+/m0/s1. The number of carbonyl (C=O) groups excluding carboxylic acids is 2. The van der Waals surface area contributed by atoms with Gasteiger partial charge in [-0.05, 0) is 50.4 Å². The molecule has 2 saturated heterocycles. The lowest BCUT2D eigenvalue weighted by Gasteiger charge is -2.31. The molecule has 4 atom stereocenters. The van der Waals surface area contributed by atoms with Crippen LogP contribution in [0.3, 0.4) is 0 Å². The van der Waals surface area contributed by atoms with Crippen molar-refractivity contribution in [2.75, 3.05) is 32.8 Å². The summed E-state index contributed by atoms with van der Waals surface area (Å²) >= 11 is 0. The van der Waals surface area contributed by atoms with Crippen LogP contribution in [0.1, 0.15) is 38.5 Å². The lowest BCUT2D eigenvalue weighted by atomic mass is 9.92. The van der Waals surface area contributed by atoms with E-state index in [4.69, 9.17) is 4.74 Å². The van der Waals surface area contributed by atoms with Crippen LogP contribution in [-0.4, -0.2) is 60.5 Å². The molecule has 0 radical (unpaired) electrons. The van der Waals surface area contributed by atoms with Crippen LogP contribution in [0.5, 0.6) is 0 Å². The van der Waals surface area contributed by atoms with Gasteiger partial charge >= 0.3 is 0 Å². The van der Waals surface area contributed by atoms with E-state index in [1.807, 2.05) is 9.80 Å². The van der Waals surface area contributed by atoms with Gasteiger partial charge in [-0.25, -0.2) is 0 Å². The third kappa shape index (κ3) is 3.23. The highest BCUT2D eigenvalue weighted by Gasteiger charge is 2.42. The number of hydrogen-bond donors (Lipinski definition) is 0. The molecule has 2 heterocycles. The largest absolute Gasteiger partial charge is 0.376 e. The Morgan fingerprint density at radius 3 is 2.58 bits per heavy atom. The Bertz CT molecular complexity index is 521. The topological polar surface area (TPSA) is 49.9 Å². The zero-order chi connectivity index (χ0) is 16.5. The van der Waals surface area contributed by atoms with Crippen LogP contribution >= 0.6 is 0 Å². The summed E-state index contributed by atoms with van der Waals surface area (Å²) in [4.78, 5) is 29.5. The molecule has 0 aromatic heterocycles. The van der Waals surface area contributed by atoms with Crippen LogP contribution in [0.15, 0.2) is 12.2 Å². The lowest BCUT2D eigenvalue weighted by molar-refractivity contribution is -0.144. The van der Waals surface area contributed by atoms with Crippen molar-refractivity contribution in [1.82, 2.24) is 9.80 Å². The van der Waals surface area contributed by atoms with Crippen LogP contribution in [-0.2, 0) is 14.3 Å². The molecule has 4 rings (SSSR count). The molecule has 4 aliphatic rings. The Kier molecular flexibility index (Phi) is 4.61. The van der Waals surface area contributed by atoms with Crippen molar-refractivity contribution in [3.05, 3.63) is 12.2 Å². The predicted octanol–water partition coefficient (Wildman–Crippen LogP) is 1.83. The Hall–Kier alpha value is -1.36. The highest BCUT2D eigenvalue weighted by atomic mass is 16.5. The van der Waals surface area contributed by atoms with E-state index < -0.39 is 0 Å². The van der Waals surface area contributed by atoms with E-state index in [2.05, 4.69) is 12.2 Å². The molecule has 0 unspecified atom stereocenters. The number of carbonyl (C=O) groups is 2. The molecule has 1 saturated carbocycles. The van der Waals surface area contributed by atoms with E-state index >= 15 is 0 Å². The maximum Gasteiger partial charge on any atom is 0.242 e. The fourth-order valence-electron chi connectivity index (χ4n) is 4.80. The number of hydrogen-bond acceptors (Lipinski definition) is 3. The average molecular weight is 332 g/mol. The molecule has 3 fully saturated rings. The van der Waals surface area contributed by atoms with Crippen molar-refractivity contribution in [1.29, 1.82) is 0 Å². The molecule has 0 aromatic carbocycles. The molecule has 5 heteroatoms. The van der Waals surface area contributed by atoms with E-state index in [0.717, 1.165) is 58.2 Å². The quantitative estimate of drug-likeness (QED) is 0.722. The van der Waals surface area contributed by atoms with E-state index in [1.54, 1.807) is 0 Å². The second-order valence-electron chi connectivity index (χ2n) is 7.83. The summed E-state index contributed by atoms with van der Waals surface area (Å²) in [5.74, 6) is 1.32. The maximum absolute atomic E-state index is 13.1. The molecule has 0 spiro atoms. The highest BCUT2D eigenvalue weighted by molar-refractivity contribution is 5.86. The summed E-state index contributed by atoms with van der Waals surface area (Å²) in [6.45, 7) is 3.28. The van der Waals surface area contributed by atoms with E-state index in [-0.39, 0.29) is 30.4 Å². The number of allylic oxidation sites excluding steroid dienone is 2. The molecule has 5 nitrogen and oxygen atoms in total. The summed E-state index contributed by atoms with van der Waals surface area (Å²) in [5.41, 5.74) is 0. The Balaban J connectivity index is 1.43. The average Bonchev–Trinajstić information content (AvgIpc) is 3.38. The summed E-state index contributed by atoms with van der Waals surface area (Å²) in [6, 6.07) is 0. The number of ether oxygens (including phenoxy) is 1. The summed E-state index contributed by atoms with van der Waals surface area (Å²) < 4.78 is 5.73. The smallest absolute Gasteiger partial charge is 0.242 e. The van der Waals surface area contributed by atoms with Gasteiger partial charge in [0.1, 0.15) is 0 Å². The van der Waals surface area contributed by atoms with Crippen molar-refractivity contribution in [2.24, 2.45) is 17.8 Å². The monoisotopic (exact) mass is 332 g/mol. The third-order valence-electron chi connectivity index (χ3n) is 6.14. The minimum atomic E-state index is 0.0766. The first kappa shape index (κ1) is 16.1. The lowest BCUT2D eigenvalue weighted by Crippen LogP contribution is -2.47. The van der Waals surface area contributed by atoms with Crippen molar-refractivity contribution in [3.8, 4) is 0 Å². The minimum absolute atomic E-state index is 0.0766. The summed E-state index contributed by atoms with van der Waals surface area (Å²) in [7, 11) is 0. The SMILES string of the molecule is O=C(CN(C[C@H]1CCCO1)C(=O)[C@@H]1C[C@H]2C=C[C@H]1C2)N1CCCC1. The van der Waals surface area contributed by atoms with Crippen LogP contribution < -0.4 is 0 Å². The van der Waals surface area contributed by atoms with Crippen molar-refractivity contribution < 1.29 is 14.3 Å². The van der Waals surface area contributed by atoms with Gasteiger partial charge in [0.2, 0.25) is 11.8 Å². The van der Waals surface area contributed by atoms with Gasteiger partial charge in [0, 0.05) is 32.2 Å².